The van der Waals surface area contributed by atoms with Gasteiger partial charge in [-0.3, -0.25) is 10.1 Å². The summed E-state index contributed by atoms with van der Waals surface area (Å²) in [5, 5.41) is 9.17. The zero-order valence-electron chi connectivity index (χ0n) is 19.1. The van der Waals surface area contributed by atoms with Crippen molar-refractivity contribution in [2.45, 2.75) is 31.3 Å². The van der Waals surface area contributed by atoms with Gasteiger partial charge in [-0.2, -0.15) is 0 Å². The Morgan fingerprint density at radius 2 is 1.69 bits per heavy atom. The third kappa shape index (κ3) is 5.94. The van der Waals surface area contributed by atoms with E-state index in [1.807, 2.05) is 0 Å². The molecular weight excluding hydrogens is 474 g/mol. The molecular formula is C24H25N3O7S. The molecule has 4 atom stereocenters. The lowest BCUT2D eigenvalue weighted by Crippen LogP contribution is -2.46. The van der Waals surface area contributed by atoms with E-state index < -0.39 is 24.3 Å². The number of thiocarbonyl (C=S) groups is 1. The molecule has 4 rings (SSSR count). The van der Waals surface area contributed by atoms with Crippen LogP contribution >= 0.6 is 12.2 Å². The van der Waals surface area contributed by atoms with E-state index in [1.54, 1.807) is 48.5 Å². The van der Waals surface area contributed by atoms with E-state index in [1.165, 1.54) is 14.0 Å². The number of anilines is 2. The Kier molecular flexibility index (Phi) is 7.59. The van der Waals surface area contributed by atoms with Crippen molar-refractivity contribution < 1.29 is 33.3 Å². The van der Waals surface area contributed by atoms with Crippen molar-refractivity contribution in [3.63, 3.8) is 0 Å². The summed E-state index contributed by atoms with van der Waals surface area (Å²) < 4.78 is 21.9. The molecule has 0 spiro atoms. The normalized spacial score (nSPS) is 22.6. The second-order valence-electron chi connectivity index (χ2n) is 8.08. The minimum atomic E-state index is -0.641. The number of ketones is 1. The van der Waals surface area contributed by atoms with E-state index in [0.29, 0.717) is 34.2 Å². The second-order valence-corrected chi connectivity index (χ2v) is 8.48. The Morgan fingerprint density at radius 1 is 0.943 bits per heavy atom. The van der Waals surface area contributed by atoms with Gasteiger partial charge in [-0.25, -0.2) is 9.59 Å². The molecule has 2 aromatic carbocycles. The number of nitrogens with one attached hydrogen (secondary N) is 3. The van der Waals surface area contributed by atoms with Gasteiger partial charge in [-0.05, 0) is 61.6 Å². The lowest BCUT2D eigenvalue weighted by atomic mass is 10.1. The van der Waals surface area contributed by atoms with Gasteiger partial charge in [0.15, 0.2) is 17.0 Å². The maximum Gasteiger partial charge on any atom is 0.412 e. The number of hydrogen-bond acceptors (Lipinski definition) is 8. The first-order valence-electron chi connectivity index (χ1n) is 10.9. The van der Waals surface area contributed by atoms with Gasteiger partial charge in [0.1, 0.15) is 12.2 Å². The molecule has 0 aromatic heterocycles. The van der Waals surface area contributed by atoms with Crippen molar-refractivity contribution in [3.8, 4) is 0 Å². The van der Waals surface area contributed by atoms with E-state index in [0.717, 1.165) is 0 Å². The smallest absolute Gasteiger partial charge is 0.412 e. The van der Waals surface area contributed by atoms with Crippen LogP contribution in [0.3, 0.4) is 0 Å². The fraction of sp³-hybridized carbons (Fsp3) is 0.333. The van der Waals surface area contributed by atoms with Crippen LogP contribution in [0.15, 0.2) is 48.5 Å². The summed E-state index contributed by atoms with van der Waals surface area (Å²) in [6, 6.07) is 13.0. The van der Waals surface area contributed by atoms with Crippen molar-refractivity contribution in [1.29, 1.82) is 0 Å². The van der Waals surface area contributed by atoms with Crippen LogP contribution in [0.2, 0.25) is 0 Å². The summed E-state index contributed by atoms with van der Waals surface area (Å²) in [5.74, 6) is -0.499. The maximum atomic E-state index is 12.3. The number of Topliss-reactive ketones (excluding diaryl/α,β-unsaturated/α-hetero) is 1. The molecule has 3 N–H and O–H groups in total. The average molecular weight is 500 g/mol. The molecule has 2 aliphatic rings. The quantitative estimate of drug-likeness (QED) is 0.310. The van der Waals surface area contributed by atoms with Gasteiger partial charge in [0.05, 0.1) is 31.9 Å². The van der Waals surface area contributed by atoms with Crippen LogP contribution in [-0.4, -0.2) is 67.6 Å². The SMILES string of the molecule is COC(=O)c1cccc(NC(=S)N[C@H]2CO[C@H]3[C@@H]2OC[C@H]3OC(=O)Nc2ccc(C(C)=O)cc2)c1. The minimum absolute atomic E-state index is 0.0563. The highest BCUT2D eigenvalue weighted by molar-refractivity contribution is 7.80. The molecule has 0 radical (unpaired) electrons. The van der Waals surface area contributed by atoms with Crippen molar-refractivity contribution in [3.05, 3.63) is 59.7 Å². The van der Waals surface area contributed by atoms with Gasteiger partial charge >= 0.3 is 12.1 Å². The summed E-state index contributed by atoms with van der Waals surface area (Å²) in [6.45, 7) is 1.97. The van der Waals surface area contributed by atoms with Crippen molar-refractivity contribution in [2.24, 2.45) is 0 Å². The number of benzene rings is 2. The molecule has 11 heteroatoms. The lowest BCUT2D eigenvalue weighted by molar-refractivity contribution is 0.00880. The highest BCUT2D eigenvalue weighted by atomic mass is 32.1. The van der Waals surface area contributed by atoms with E-state index in [4.69, 9.17) is 31.2 Å². The fourth-order valence-corrected chi connectivity index (χ4v) is 4.21. The standard InChI is InChI=1S/C24H25N3O7S/c1-13(28)14-6-8-16(9-7-14)26-24(30)34-19-12-33-20-18(11-32-21(19)20)27-23(35)25-17-5-3-4-15(10-17)22(29)31-2/h3-10,18-21H,11-12H2,1-2H3,(H,26,30)(H2,25,27,35)/t18-,19+,20+,21+/m0/s1. The number of hydrogen-bond donors (Lipinski definition) is 3. The number of carbonyl (C=O) groups is 3. The molecule has 10 nitrogen and oxygen atoms in total. The van der Waals surface area contributed by atoms with E-state index >= 15 is 0 Å². The summed E-state index contributed by atoms with van der Waals surface area (Å²) in [5.41, 5.74) is 2.09. The molecule has 2 heterocycles. The van der Waals surface area contributed by atoms with Gasteiger partial charge in [0.2, 0.25) is 0 Å². The van der Waals surface area contributed by atoms with Crippen LogP contribution in [0.25, 0.3) is 0 Å². The molecule has 35 heavy (non-hydrogen) atoms. The molecule has 0 saturated carbocycles. The first-order valence-corrected chi connectivity index (χ1v) is 11.3. The minimum Gasteiger partial charge on any atom is -0.465 e. The fourth-order valence-electron chi connectivity index (χ4n) is 3.94. The number of ether oxygens (including phenoxy) is 4. The summed E-state index contributed by atoms with van der Waals surface area (Å²) >= 11 is 5.40. The topological polar surface area (TPSA) is 124 Å². The van der Waals surface area contributed by atoms with Gasteiger partial charge in [-0.1, -0.05) is 6.07 Å². The number of methoxy groups -OCH3 is 1. The zero-order valence-corrected chi connectivity index (χ0v) is 19.9. The van der Waals surface area contributed by atoms with Crippen LogP contribution in [-0.2, 0) is 18.9 Å². The van der Waals surface area contributed by atoms with Gasteiger partial charge in [-0.15, -0.1) is 0 Å². The Bertz CT molecular complexity index is 1120. The predicted octanol–water partition coefficient (Wildman–Crippen LogP) is 2.75. The largest absolute Gasteiger partial charge is 0.465 e. The lowest BCUT2D eigenvalue weighted by Gasteiger charge is -2.20. The Hall–Kier alpha value is -3.54. The van der Waals surface area contributed by atoms with Gasteiger partial charge < -0.3 is 29.6 Å². The highest BCUT2D eigenvalue weighted by Crippen LogP contribution is 2.29. The monoisotopic (exact) mass is 499 g/mol. The van der Waals surface area contributed by atoms with Crippen molar-refractivity contribution >= 4 is 46.6 Å². The number of amides is 1. The molecule has 2 saturated heterocycles. The Morgan fingerprint density at radius 3 is 2.40 bits per heavy atom. The molecule has 0 unspecified atom stereocenters. The third-order valence-corrected chi connectivity index (χ3v) is 5.88. The van der Waals surface area contributed by atoms with E-state index in [-0.39, 0.29) is 24.5 Å². The molecule has 0 aliphatic carbocycles. The first-order chi connectivity index (χ1) is 16.8. The van der Waals surface area contributed by atoms with Crippen LogP contribution in [0, 0.1) is 0 Å². The zero-order chi connectivity index (χ0) is 24.9. The Labute approximate surface area is 207 Å². The Balaban J connectivity index is 1.27. The van der Waals surface area contributed by atoms with Gasteiger partial charge in [0.25, 0.3) is 0 Å². The van der Waals surface area contributed by atoms with Gasteiger partial charge in [0, 0.05) is 16.9 Å². The number of esters is 1. The number of rotatable bonds is 6. The maximum absolute atomic E-state index is 12.3. The molecule has 1 amide bonds. The van der Waals surface area contributed by atoms with Crippen LogP contribution < -0.4 is 16.0 Å². The molecule has 2 aromatic rings. The second kappa shape index (κ2) is 10.8. The van der Waals surface area contributed by atoms with Crippen molar-refractivity contribution in [1.82, 2.24) is 5.32 Å². The summed E-state index contributed by atoms with van der Waals surface area (Å²) in [6.07, 6.45) is -2.02. The van der Waals surface area contributed by atoms with Crippen molar-refractivity contribution in [2.75, 3.05) is 31.0 Å². The van der Waals surface area contributed by atoms with Crippen LogP contribution in [0.4, 0.5) is 16.2 Å². The number of carbonyl (C=O) groups excluding carboxylic acids is 3. The predicted molar refractivity (Wildman–Crippen MR) is 131 cm³/mol. The average Bonchev–Trinajstić information content (AvgIpc) is 3.42. The summed E-state index contributed by atoms with van der Waals surface area (Å²) in [7, 11) is 1.32. The molecule has 2 fully saturated rings. The van der Waals surface area contributed by atoms with Crippen LogP contribution in [0.1, 0.15) is 27.6 Å². The highest BCUT2D eigenvalue weighted by Gasteiger charge is 2.49. The van der Waals surface area contributed by atoms with Crippen LogP contribution in [0.5, 0.6) is 0 Å². The van der Waals surface area contributed by atoms with E-state index in [9.17, 15) is 14.4 Å². The van der Waals surface area contributed by atoms with E-state index in [2.05, 4.69) is 16.0 Å². The number of fused-ring (bicyclic) bond motifs is 1. The molecule has 2 aliphatic heterocycles. The molecule has 184 valence electrons. The molecule has 0 bridgehead atoms. The first kappa shape index (κ1) is 24.6. The third-order valence-electron chi connectivity index (χ3n) is 5.66. The summed E-state index contributed by atoms with van der Waals surface area (Å²) in [4.78, 5) is 35.4.